The highest BCUT2D eigenvalue weighted by Crippen LogP contribution is 2.50. The Balaban J connectivity index is 2.28. The third-order valence-corrected chi connectivity index (χ3v) is 4.18. The highest BCUT2D eigenvalue weighted by atomic mass is 15.2. The monoisotopic (exact) mass is 275 g/mol. The molecule has 0 bridgehead atoms. The summed E-state index contributed by atoms with van der Waals surface area (Å²) in [6, 6.07) is 0.530. The van der Waals surface area contributed by atoms with Gasteiger partial charge in [-0.2, -0.15) is 0 Å². The summed E-state index contributed by atoms with van der Waals surface area (Å²) in [6.45, 7) is 16.2. The van der Waals surface area contributed by atoms with Crippen molar-refractivity contribution in [1.29, 1.82) is 0 Å². The van der Waals surface area contributed by atoms with Gasteiger partial charge < -0.3 is 9.88 Å². The van der Waals surface area contributed by atoms with E-state index in [1.807, 2.05) is 6.08 Å². The highest BCUT2D eigenvalue weighted by molar-refractivity contribution is 5.30. The molecule has 1 aliphatic rings. The van der Waals surface area contributed by atoms with Gasteiger partial charge >= 0.3 is 0 Å². The fourth-order valence-corrected chi connectivity index (χ4v) is 4.07. The number of nitrogens with zero attached hydrogens (tertiary/aromatic N) is 2. The maximum absolute atomic E-state index is 4.62. The lowest BCUT2D eigenvalue weighted by atomic mass is 9.63. The normalized spacial score (nSPS) is 21.6. The van der Waals surface area contributed by atoms with Gasteiger partial charge in [0.05, 0.1) is 5.69 Å². The molecule has 1 aliphatic carbocycles. The Morgan fingerprint density at radius 3 is 2.50 bits per heavy atom. The van der Waals surface area contributed by atoms with Gasteiger partial charge in [-0.1, -0.05) is 33.8 Å². The van der Waals surface area contributed by atoms with Crippen LogP contribution in [0.2, 0.25) is 0 Å². The molecule has 0 amide bonds. The minimum Gasteiger partial charge on any atom is -0.352 e. The first-order chi connectivity index (χ1) is 9.22. The van der Waals surface area contributed by atoms with Crippen LogP contribution in [0.3, 0.4) is 0 Å². The Hall–Kier alpha value is -1.25. The summed E-state index contributed by atoms with van der Waals surface area (Å²) in [6.07, 6.45) is 7.79. The van der Waals surface area contributed by atoms with Gasteiger partial charge in [-0.15, -0.1) is 6.58 Å². The van der Waals surface area contributed by atoms with Crippen molar-refractivity contribution in [2.45, 2.75) is 59.9 Å². The third kappa shape index (κ3) is 3.44. The van der Waals surface area contributed by atoms with Crippen LogP contribution >= 0.6 is 0 Å². The summed E-state index contributed by atoms with van der Waals surface area (Å²) in [5.41, 5.74) is 1.86. The SMILES string of the molecule is C=CCNc1nc(C)cn1C1CC(C)(C)CC(C)(C)C1. The van der Waals surface area contributed by atoms with E-state index in [1.165, 1.54) is 19.3 Å². The molecule has 3 nitrogen and oxygen atoms in total. The number of hydrogen-bond acceptors (Lipinski definition) is 2. The van der Waals surface area contributed by atoms with Gasteiger partial charge in [-0.25, -0.2) is 4.98 Å². The molecule has 0 saturated heterocycles. The van der Waals surface area contributed by atoms with E-state index in [2.05, 4.69) is 62.3 Å². The molecule has 0 aromatic carbocycles. The van der Waals surface area contributed by atoms with Crippen LogP contribution in [0.5, 0.6) is 0 Å². The van der Waals surface area contributed by atoms with Crippen LogP contribution in [0.25, 0.3) is 0 Å². The zero-order chi connectivity index (χ0) is 15.0. The van der Waals surface area contributed by atoms with Crippen molar-refractivity contribution in [1.82, 2.24) is 9.55 Å². The average Bonchev–Trinajstić information content (AvgIpc) is 2.63. The van der Waals surface area contributed by atoms with Crippen molar-refractivity contribution in [3.05, 3.63) is 24.5 Å². The smallest absolute Gasteiger partial charge is 0.203 e. The molecule has 0 radical (unpaired) electrons. The molecule has 1 heterocycles. The van der Waals surface area contributed by atoms with E-state index < -0.39 is 0 Å². The lowest BCUT2D eigenvalue weighted by molar-refractivity contribution is 0.0730. The Kier molecular flexibility index (Phi) is 3.99. The molecule has 112 valence electrons. The molecule has 2 rings (SSSR count). The minimum absolute atomic E-state index is 0.389. The topological polar surface area (TPSA) is 29.9 Å². The number of aryl methyl sites for hydroxylation is 1. The first-order valence-electron chi connectivity index (χ1n) is 7.63. The maximum atomic E-state index is 4.62. The standard InChI is InChI=1S/C17H29N3/c1-7-8-18-15-19-13(2)11-20(15)14-9-16(3,4)12-17(5,6)10-14/h7,11,14H,1,8-10,12H2,2-6H3,(H,18,19). The number of anilines is 1. The molecule has 3 heteroatoms. The van der Waals surface area contributed by atoms with Gasteiger partial charge in [0.15, 0.2) is 0 Å². The molecule has 1 fully saturated rings. The van der Waals surface area contributed by atoms with Crippen LogP contribution in [0.15, 0.2) is 18.9 Å². The molecule has 20 heavy (non-hydrogen) atoms. The van der Waals surface area contributed by atoms with Gasteiger partial charge in [0.25, 0.3) is 0 Å². The molecule has 0 atom stereocenters. The first-order valence-corrected chi connectivity index (χ1v) is 7.63. The second kappa shape index (κ2) is 5.27. The minimum atomic E-state index is 0.389. The average molecular weight is 275 g/mol. The highest BCUT2D eigenvalue weighted by Gasteiger charge is 2.39. The molecule has 1 saturated carbocycles. The molecule has 0 unspecified atom stereocenters. The van der Waals surface area contributed by atoms with Crippen LogP contribution in [-0.4, -0.2) is 16.1 Å². The zero-order valence-electron chi connectivity index (χ0n) is 13.7. The second-order valence-corrected chi connectivity index (χ2v) is 7.85. The largest absolute Gasteiger partial charge is 0.352 e. The van der Waals surface area contributed by atoms with Crippen molar-refractivity contribution >= 4 is 5.95 Å². The van der Waals surface area contributed by atoms with E-state index in [4.69, 9.17) is 0 Å². The van der Waals surface area contributed by atoms with E-state index in [-0.39, 0.29) is 0 Å². The van der Waals surface area contributed by atoms with Gasteiger partial charge in [-0.3, -0.25) is 0 Å². The van der Waals surface area contributed by atoms with E-state index >= 15 is 0 Å². The third-order valence-electron chi connectivity index (χ3n) is 4.18. The predicted molar refractivity (Wildman–Crippen MR) is 86.1 cm³/mol. The molecular formula is C17H29N3. The quantitative estimate of drug-likeness (QED) is 0.816. The number of aromatic nitrogens is 2. The number of imidazole rings is 1. The van der Waals surface area contributed by atoms with Crippen molar-refractivity contribution in [3.63, 3.8) is 0 Å². The summed E-state index contributed by atoms with van der Waals surface area (Å²) < 4.78 is 2.35. The molecule has 1 aromatic rings. The van der Waals surface area contributed by atoms with E-state index in [1.54, 1.807) is 0 Å². The predicted octanol–water partition coefficient (Wildman–Crippen LogP) is 4.57. The van der Waals surface area contributed by atoms with Gasteiger partial charge in [0, 0.05) is 18.8 Å². The molecule has 1 aromatic heterocycles. The van der Waals surface area contributed by atoms with Gasteiger partial charge in [0.2, 0.25) is 5.95 Å². The van der Waals surface area contributed by atoms with E-state index in [9.17, 15) is 0 Å². The van der Waals surface area contributed by atoms with Gasteiger partial charge in [-0.05, 0) is 37.0 Å². The fraction of sp³-hybridized carbons (Fsp3) is 0.706. The number of nitrogens with one attached hydrogen (secondary N) is 1. The van der Waals surface area contributed by atoms with Crippen molar-refractivity contribution in [2.24, 2.45) is 10.8 Å². The fourth-order valence-electron chi connectivity index (χ4n) is 4.07. The zero-order valence-corrected chi connectivity index (χ0v) is 13.7. The Morgan fingerprint density at radius 2 is 1.95 bits per heavy atom. The van der Waals surface area contributed by atoms with Crippen LogP contribution < -0.4 is 5.32 Å². The summed E-state index contributed by atoms with van der Waals surface area (Å²) in [5.74, 6) is 0.987. The lowest BCUT2D eigenvalue weighted by Gasteiger charge is -2.45. The van der Waals surface area contributed by atoms with E-state index in [0.29, 0.717) is 16.9 Å². The first kappa shape index (κ1) is 15.1. The van der Waals surface area contributed by atoms with Gasteiger partial charge in [0.1, 0.15) is 0 Å². The summed E-state index contributed by atoms with van der Waals surface area (Å²) in [4.78, 5) is 4.62. The molecule has 0 aliphatic heterocycles. The lowest BCUT2D eigenvalue weighted by Crippen LogP contribution is -2.35. The molecule has 0 spiro atoms. The number of hydrogen-bond donors (Lipinski definition) is 1. The summed E-state index contributed by atoms with van der Waals surface area (Å²) in [7, 11) is 0. The van der Waals surface area contributed by atoms with Crippen molar-refractivity contribution in [2.75, 3.05) is 11.9 Å². The Bertz CT molecular complexity index is 466. The second-order valence-electron chi connectivity index (χ2n) is 7.85. The number of rotatable bonds is 4. The Morgan fingerprint density at radius 1 is 1.35 bits per heavy atom. The van der Waals surface area contributed by atoms with Crippen molar-refractivity contribution < 1.29 is 0 Å². The van der Waals surface area contributed by atoms with Crippen molar-refractivity contribution in [3.8, 4) is 0 Å². The van der Waals surface area contributed by atoms with E-state index in [0.717, 1.165) is 18.2 Å². The molecular weight excluding hydrogens is 246 g/mol. The summed E-state index contributed by atoms with van der Waals surface area (Å²) in [5, 5.41) is 3.37. The van der Waals surface area contributed by atoms with Crippen LogP contribution in [-0.2, 0) is 0 Å². The van der Waals surface area contributed by atoms with Crippen LogP contribution in [0, 0.1) is 17.8 Å². The summed E-state index contributed by atoms with van der Waals surface area (Å²) >= 11 is 0. The van der Waals surface area contributed by atoms with Crippen LogP contribution in [0.4, 0.5) is 5.95 Å². The maximum Gasteiger partial charge on any atom is 0.203 e. The molecule has 1 N–H and O–H groups in total. The van der Waals surface area contributed by atoms with Crippen LogP contribution in [0.1, 0.15) is 58.7 Å². The Labute approximate surface area is 123 Å².